The summed E-state index contributed by atoms with van der Waals surface area (Å²) in [5.41, 5.74) is 4.65. The lowest BCUT2D eigenvalue weighted by molar-refractivity contribution is -0.144. The Kier molecular flexibility index (Phi) is 6.31. The minimum absolute atomic E-state index is 0.0568. The molecule has 1 amide bonds. The fourth-order valence-corrected chi connectivity index (χ4v) is 3.51. The molecule has 6 heteroatoms. The molecule has 148 valence electrons. The molecule has 6 nitrogen and oxygen atoms in total. The molecule has 2 aromatic carbocycles. The largest absolute Gasteiger partial charge is 0.466 e. The van der Waals surface area contributed by atoms with Crippen molar-refractivity contribution in [1.82, 2.24) is 10.3 Å². The van der Waals surface area contributed by atoms with E-state index in [9.17, 15) is 9.59 Å². The maximum Gasteiger partial charge on any atom is 0.305 e. The van der Waals surface area contributed by atoms with Gasteiger partial charge in [0.05, 0.1) is 6.61 Å². The van der Waals surface area contributed by atoms with Gasteiger partial charge in [-0.3, -0.25) is 9.59 Å². The van der Waals surface area contributed by atoms with Crippen LogP contribution in [0.5, 0.6) is 0 Å². The molecule has 0 saturated carbocycles. The highest BCUT2D eigenvalue weighted by Crippen LogP contribution is 2.30. The van der Waals surface area contributed by atoms with Crippen molar-refractivity contribution in [3.05, 3.63) is 66.2 Å². The first-order valence-corrected chi connectivity index (χ1v) is 9.64. The topological polar surface area (TPSA) is 70.7 Å². The molecule has 0 bridgehead atoms. The first-order valence-electron chi connectivity index (χ1n) is 9.64. The van der Waals surface area contributed by atoms with Crippen molar-refractivity contribution in [2.24, 2.45) is 0 Å². The van der Waals surface area contributed by atoms with Crippen LogP contribution in [0.2, 0.25) is 0 Å². The smallest absolute Gasteiger partial charge is 0.305 e. The summed E-state index contributed by atoms with van der Waals surface area (Å²) in [6, 6.07) is 19.3. The summed E-state index contributed by atoms with van der Waals surface area (Å²) in [5, 5.41) is 5.03. The summed E-state index contributed by atoms with van der Waals surface area (Å²) in [5.74, 6) is -0.317. The summed E-state index contributed by atoms with van der Waals surface area (Å²) in [6.07, 6.45) is 1.25. The monoisotopic (exact) mass is 381 g/mol. The number of nitrogens with zero attached hydrogens (tertiary/aromatic N) is 1. The Labute approximate surface area is 165 Å². The van der Waals surface area contributed by atoms with Gasteiger partial charge in [-0.25, -0.2) is 0 Å². The SMILES string of the molecule is CCOC(=O)CC[C@]1(C)NC(=O)[C@H](Cc2ccccc2)N1Nc1ccccc1. The third kappa shape index (κ3) is 4.70. The average molecular weight is 381 g/mol. The van der Waals surface area contributed by atoms with Crippen molar-refractivity contribution in [3.63, 3.8) is 0 Å². The Morgan fingerprint density at radius 1 is 1.14 bits per heavy atom. The van der Waals surface area contributed by atoms with Gasteiger partial charge in [-0.1, -0.05) is 48.5 Å². The number of hydrogen-bond donors (Lipinski definition) is 2. The normalized spacial score (nSPS) is 21.9. The molecule has 3 rings (SSSR count). The van der Waals surface area contributed by atoms with Gasteiger partial charge in [0.1, 0.15) is 11.7 Å². The number of amides is 1. The minimum Gasteiger partial charge on any atom is -0.466 e. The van der Waals surface area contributed by atoms with E-state index in [0.717, 1.165) is 11.3 Å². The Morgan fingerprint density at radius 2 is 1.79 bits per heavy atom. The van der Waals surface area contributed by atoms with Crippen LogP contribution >= 0.6 is 0 Å². The van der Waals surface area contributed by atoms with Gasteiger partial charge in [0.15, 0.2) is 0 Å². The molecule has 0 spiro atoms. The van der Waals surface area contributed by atoms with Crippen LogP contribution in [-0.2, 0) is 20.7 Å². The lowest BCUT2D eigenvalue weighted by Gasteiger charge is -2.37. The summed E-state index contributed by atoms with van der Waals surface area (Å²) < 4.78 is 5.06. The second kappa shape index (κ2) is 8.89. The van der Waals surface area contributed by atoms with E-state index in [0.29, 0.717) is 19.4 Å². The quantitative estimate of drug-likeness (QED) is 0.688. The fourth-order valence-electron chi connectivity index (χ4n) is 3.51. The summed E-state index contributed by atoms with van der Waals surface area (Å²) in [6.45, 7) is 4.08. The minimum atomic E-state index is -0.709. The van der Waals surface area contributed by atoms with Crippen molar-refractivity contribution < 1.29 is 14.3 Å². The van der Waals surface area contributed by atoms with Crippen LogP contribution in [0.3, 0.4) is 0 Å². The molecule has 2 aromatic rings. The van der Waals surface area contributed by atoms with E-state index < -0.39 is 11.7 Å². The van der Waals surface area contributed by atoms with Gasteiger partial charge in [-0.05, 0) is 44.4 Å². The Morgan fingerprint density at radius 3 is 2.43 bits per heavy atom. The van der Waals surface area contributed by atoms with Gasteiger partial charge in [0.25, 0.3) is 0 Å². The lowest BCUT2D eigenvalue weighted by Crippen LogP contribution is -2.53. The molecule has 0 aromatic heterocycles. The third-order valence-electron chi connectivity index (χ3n) is 4.95. The first kappa shape index (κ1) is 19.9. The number of anilines is 1. The van der Waals surface area contributed by atoms with Crippen molar-refractivity contribution in [3.8, 4) is 0 Å². The van der Waals surface area contributed by atoms with Gasteiger partial charge in [-0.15, -0.1) is 0 Å². The number of para-hydroxylation sites is 1. The molecule has 2 atom stereocenters. The highest BCUT2D eigenvalue weighted by Gasteiger charge is 2.48. The number of esters is 1. The number of hydrogen-bond acceptors (Lipinski definition) is 5. The zero-order valence-corrected chi connectivity index (χ0v) is 16.4. The van der Waals surface area contributed by atoms with Gasteiger partial charge in [-0.2, -0.15) is 5.01 Å². The van der Waals surface area contributed by atoms with Crippen LogP contribution in [0.25, 0.3) is 0 Å². The average Bonchev–Trinajstić information content (AvgIpc) is 2.93. The van der Waals surface area contributed by atoms with E-state index in [1.54, 1.807) is 6.92 Å². The fraction of sp³-hybridized carbons (Fsp3) is 0.364. The number of carbonyl (C=O) groups excluding carboxylic acids is 2. The van der Waals surface area contributed by atoms with Crippen molar-refractivity contribution in [1.29, 1.82) is 0 Å². The standard InChI is InChI=1S/C22H27N3O3/c1-3-28-20(26)14-15-22(2)23-21(27)19(16-17-10-6-4-7-11-17)25(22)24-18-12-8-5-9-13-18/h4-13,19,24H,3,14-16H2,1-2H3,(H,23,27)/t19-,22+/m0/s1. The molecule has 1 saturated heterocycles. The van der Waals surface area contributed by atoms with Crippen LogP contribution < -0.4 is 10.7 Å². The van der Waals surface area contributed by atoms with E-state index in [-0.39, 0.29) is 18.3 Å². The van der Waals surface area contributed by atoms with Crippen molar-refractivity contribution in [2.45, 2.75) is 44.8 Å². The van der Waals surface area contributed by atoms with Crippen LogP contribution in [0.15, 0.2) is 60.7 Å². The van der Waals surface area contributed by atoms with Crippen LogP contribution in [0, 0.1) is 0 Å². The number of carbonyl (C=O) groups is 2. The highest BCUT2D eigenvalue weighted by molar-refractivity contribution is 5.85. The molecule has 0 aliphatic carbocycles. The van der Waals surface area contributed by atoms with Crippen LogP contribution in [0.4, 0.5) is 5.69 Å². The predicted octanol–water partition coefficient (Wildman–Crippen LogP) is 3.12. The molecule has 0 radical (unpaired) electrons. The second-order valence-corrected chi connectivity index (χ2v) is 7.12. The molecule has 1 aliphatic rings. The lowest BCUT2D eigenvalue weighted by atomic mass is 10.0. The van der Waals surface area contributed by atoms with Gasteiger partial charge < -0.3 is 15.5 Å². The van der Waals surface area contributed by atoms with E-state index in [2.05, 4.69) is 10.7 Å². The van der Waals surface area contributed by atoms with E-state index in [4.69, 9.17) is 4.74 Å². The molecule has 1 aliphatic heterocycles. The molecule has 1 fully saturated rings. The molecule has 0 unspecified atom stereocenters. The molecule has 2 N–H and O–H groups in total. The summed E-state index contributed by atoms with van der Waals surface area (Å²) >= 11 is 0. The van der Waals surface area contributed by atoms with Crippen LogP contribution in [0.1, 0.15) is 32.3 Å². The first-order chi connectivity index (χ1) is 13.5. The number of nitrogens with one attached hydrogen (secondary N) is 2. The maximum absolute atomic E-state index is 12.9. The predicted molar refractivity (Wildman–Crippen MR) is 108 cm³/mol. The highest BCUT2D eigenvalue weighted by atomic mass is 16.5. The molecular weight excluding hydrogens is 354 g/mol. The van der Waals surface area contributed by atoms with E-state index >= 15 is 0 Å². The second-order valence-electron chi connectivity index (χ2n) is 7.12. The van der Waals surface area contributed by atoms with Gasteiger partial charge in [0.2, 0.25) is 5.91 Å². The van der Waals surface area contributed by atoms with Crippen LogP contribution in [-0.4, -0.2) is 35.2 Å². The molecule has 1 heterocycles. The number of benzene rings is 2. The molecule has 28 heavy (non-hydrogen) atoms. The number of ether oxygens (including phenoxy) is 1. The molecular formula is C22H27N3O3. The summed E-state index contributed by atoms with van der Waals surface area (Å²) in [4.78, 5) is 24.7. The zero-order chi connectivity index (χ0) is 20.0. The number of hydrazine groups is 1. The Hall–Kier alpha value is -2.86. The van der Waals surface area contributed by atoms with Crippen molar-refractivity contribution in [2.75, 3.05) is 12.0 Å². The Balaban J connectivity index is 1.83. The third-order valence-corrected chi connectivity index (χ3v) is 4.95. The van der Waals surface area contributed by atoms with Gasteiger partial charge >= 0.3 is 5.97 Å². The van der Waals surface area contributed by atoms with Crippen molar-refractivity contribution >= 4 is 17.6 Å². The number of rotatable bonds is 8. The summed E-state index contributed by atoms with van der Waals surface area (Å²) in [7, 11) is 0. The Bertz CT molecular complexity index is 797. The maximum atomic E-state index is 12.9. The van der Waals surface area contributed by atoms with E-state index in [1.165, 1.54) is 0 Å². The zero-order valence-electron chi connectivity index (χ0n) is 16.4. The van der Waals surface area contributed by atoms with E-state index in [1.807, 2.05) is 72.6 Å². The van der Waals surface area contributed by atoms with Gasteiger partial charge in [0, 0.05) is 12.1 Å².